The molecule has 0 saturated carbocycles. The molecule has 1 aliphatic heterocycles. The highest BCUT2D eigenvalue weighted by molar-refractivity contribution is 6.32. The number of aryl methyl sites for hydroxylation is 1. The van der Waals surface area contributed by atoms with E-state index in [1.54, 1.807) is 10.6 Å². The van der Waals surface area contributed by atoms with Crippen molar-refractivity contribution in [2.45, 2.75) is 52.2 Å². The number of nitrogens with zero attached hydrogens (tertiary/aromatic N) is 2. The van der Waals surface area contributed by atoms with Gasteiger partial charge in [0.05, 0.1) is 24.0 Å². The molecule has 2 heterocycles. The third kappa shape index (κ3) is 4.51. The maximum absolute atomic E-state index is 11.8. The zero-order valence-electron chi connectivity index (χ0n) is 16.4. The van der Waals surface area contributed by atoms with Gasteiger partial charge in [-0.2, -0.15) is 0 Å². The second kappa shape index (κ2) is 8.38. The number of rotatable bonds is 4. The van der Waals surface area contributed by atoms with E-state index in [2.05, 4.69) is 4.98 Å². The van der Waals surface area contributed by atoms with Gasteiger partial charge in [-0.3, -0.25) is 14.4 Å². The lowest BCUT2D eigenvalue weighted by molar-refractivity contribution is -0.239. The Bertz CT molecular complexity index is 957. The van der Waals surface area contributed by atoms with Gasteiger partial charge in [0.1, 0.15) is 0 Å². The van der Waals surface area contributed by atoms with Gasteiger partial charge in [0.25, 0.3) is 0 Å². The molecule has 0 radical (unpaired) electrons. The van der Waals surface area contributed by atoms with E-state index < -0.39 is 42.4 Å². The zero-order valence-corrected chi connectivity index (χ0v) is 17.1. The number of hydrogen-bond acceptors (Lipinski definition) is 8. The molecule has 0 aliphatic carbocycles. The van der Waals surface area contributed by atoms with Crippen LogP contribution in [0.5, 0.6) is 0 Å². The monoisotopic (exact) mass is 424 g/mol. The molecule has 1 aliphatic rings. The lowest BCUT2D eigenvalue weighted by Gasteiger charge is -2.40. The van der Waals surface area contributed by atoms with Gasteiger partial charge in [0, 0.05) is 25.8 Å². The van der Waals surface area contributed by atoms with Crippen molar-refractivity contribution in [3.8, 4) is 0 Å². The minimum Gasteiger partial charge on any atom is -0.456 e. The van der Waals surface area contributed by atoms with Crippen LogP contribution in [0.4, 0.5) is 0 Å². The van der Waals surface area contributed by atoms with Gasteiger partial charge in [-0.25, -0.2) is 4.98 Å². The lowest BCUT2D eigenvalue weighted by atomic mass is 10.0. The van der Waals surface area contributed by atoms with Gasteiger partial charge in [-0.05, 0) is 24.6 Å². The summed E-state index contributed by atoms with van der Waals surface area (Å²) in [5.41, 5.74) is 2.15. The van der Waals surface area contributed by atoms with Crippen molar-refractivity contribution >= 4 is 40.5 Å². The van der Waals surface area contributed by atoms with E-state index in [9.17, 15) is 14.4 Å². The fourth-order valence-electron chi connectivity index (χ4n) is 3.32. The molecule has 0 spiro atoms. The predicted octanol–water partition coefficient (Wildman–Crippen LogP) is 2.32. The Balaban J connectivity index is 2.05. The third-order valence-corrected chi connectivity index (χ3v) is 4.86. The van der Waals surface area contributed by atoms with Crippen LogP contribution in [-0.2, 0) is 33.3 Å². The molecule has 0 unspecified atom stereocenters. The minimum absolute atomic E-state index is 0.0633. The molecule has 3 rings (SSSR count). The molecule has 0 bridgehead atoms. The first-order valence-electron chi connectivity index (χ1n) is 8.93. The molecule has 1 saturated heterocycles. The summed E-state index contributed by atoms with van der Waals surface area (Å²) >= 11 is 6.17. The Morgan fingerprint density at radius 1 is 1.07 bits per heavy atom. The Labute approximate surface area is 171 Å². The minimum atomic E-state index is -1.07. The van der Waals surface area contributed by atoms with Crippen LogP contribution in [0.3, 0.4) is 0 Å². The maximum atomic E-state index is 11.8. The second-order valence-corrected chi connectivity index (χ2v) is 7.17. The highest BCUT2D eigenvalue weighted by Crippen LogP contribution is 2.34. The van der Waals surface area contributed by atoms with Gasteiger partial charge in [-0.15, -0.1) is 0 Å². The Morgan fingerprint density at radius 3 is 2.31 bits per heavy atom. The fraction of sp³-hybridized carbons (Fsp3) is 0.474. The van der Waals surface area contributed by atoms with Crippen LogP contribution in [0.15, 0.2) is 18.5 Å². The van der Waals surface area contributed by atoms with Crippen LogP contribution < -0.4 is 0 Å². The summed E-state index contributed by atoms with van der Waals surface area (Å²) in [7, 11) is 0. The fourth-order valence-corrected chi connectivity index (χ4v) is 3.47. The third-order valence-electron chi connectivity index (χ3n) is 4.45. The van der Waals surface area contributed by atoms with E-state index in [0.29, 0.717) is 16.1 Å². The standard InChI is InChI=1S/C19H21ClN2O7/c1-9-5-15-14(6-13(9)20)21-8-22(15)19-18(29-12(4)25)17(28-11(3)24)16(7-26-19)27-10(2)23/h5-6,8,16-19H,7H2,1-4H3/t16-,17-,18-,19-/m1/s1. The summed E-state index contributed by atoms with van der Waals surface area (Å²) in [6.45, 7) is 5.47. The van der Waals surface area contributed by atoms with Crippen LogP contribution in [0.2, 0.25) is 5.02 Å². The quantitative estimate of drug-likeness (QED) is 0.543. The van der Waals surface area contributed by atoms with Gasteiger partial charge in [0.15, 0.2) is 24.5 Å². The van der Waals surface area contributed by atoms with Gasteiger partial charge >= 0.3 is 17.9 Å². The van der Waals surface area contributed by atoms with Gasteiger partial charge in [0.2, 0.25) is 0 Å². The average molecular weight is 425 g/mol. The van der Waals surface area contributed by atoms with E-state index in [1.165, 1.54) is 27.1 Å². The number of esters is 3. The smallest absolute Gasteiger partial charge is 0.303 e. The Hall–Kier alpha value is -2.65. The molecule has 4 atom stereocenters. The molecule has 1 fully saturated rings. The number of fused-ring (bicyclic) bond motifs is 1. The topological polar surface area (TPSA) is 106 Å². The number of hydrogen-bond donors (Lipinski definition) is 0. The van der Waals surface area contributed by atoms with Crippen molar-refractivity contribution in [3.63, 3.8) is 0 Å². The molecular formula is C19H21ClN2O7. The van der Waals surface area contributed by atoms with E-state index >= 15 is 0 Å². The Kier molecular flexibility index (Phi) is 6.09. The van der Waals surface area contributed by atoms with Crippen LogP contribution >= 0.6 is 11.6 Å². The van der Waals surface area contributed by atoms with Crippen LogP contribution in [0.25, 0.3) is 11.0 Å². The molecular weight excluding hydrogens is 404 g/mol. The van der Waals surface area contributed by atoms with Crippen LogP contribution in [-0.4, -0.2) is 52.4 Å². The van der Waals surface area contributed by atoms with Crippen molar-refractivity contribution in [1.82, 2.24) is 9.55 Å². The predicted molar refractivity (Wildman–Crippen MR) is 101 cm³/mol. The summed E-state index contributed by atoms with van der Waals surface area (Å²) in [6.07, 6.45) is -2.38. The molecule has 2 aromatic rings. The van der Waals surface area contributed by atoms with E-state index in [4.69, 9.17) is 30.5 Å². The summed E-state index contributed by atoms with van der Waals surface area (Å²) in [5.74, 6) is -1.79. The Morgan fingerprint density at radius 2 is 1.69 bits per heavy atom. The molecule has 156 valence electrons. The highest BCUT2D eigenvalue weighted by Gasteiger charge is 2.48. The summed E-state index contributed by atoms with van der Waals surface area (Å²) < 4.78 is 23.6. The zero-order chi connectivity index (χ0) is 21.3. The number of benzene rings is 1. The van der Waals surface area contributed by atoms with Gasteiger partial charge < -0.3 is 23.5 Å². The molecule has 9 nitrogen and oxygen atoms in total. The normalized spacial score (nSPS) is 24.2. The molecule has 1 aromatic carbocycles. The molecule has 0 amide bonds. The van der Waals surface area contributed by atoms with E-state index in [1.807, 2.05) is 13.0 Å². The average Bonchev–Trinajstić information content (AvgIpc) is 2.99. The van der Waals surface area contributed by atoms with Gasteiger partial charge in [-0.1, -0.05) is 11.6 Å². The summed E-state index contributed by atoms with van der Waals surface area (Å²) in [6, 6.07) is 3.55. The first-order chi connectivity index (χ1) is 13.7. The second-order valence-electron chi connectivity index (χ2n) is 6.76. The van der Waals surface area contributed by atoms with Crippen molar-refractivity contribution in [3.05, 3.63) is 29.0 Å². The number of ether oxygens (including phenoxy) is 4. The lowest BCUT2D eigenvalue weighted by Crippen LogP contribution is -2.55. The first-order valence-corrected chi connectivity index (χ1v) is 9.31. The first kappa shape index (κ1) is 21.1. The number of aromatic nitrogens is 2. The molecule has 1 aromatic heterocycles. The van der Waals surface area contributed by atoms with Crippen molar-refractivity contribution in [1.29, 1.82) is 0 Å². The van der Waals surface area contributed by atoms with Crippen LogP contribution in [0, 0.1) is 6.92 Å². The van der Waals surface area contributed by atoms with Crippen molar-refractivity contribution < 1.29 is 33.3 Å². The van der Waals surface area contributed by atoms with Crippen molar-refractivity contribution in [2.24, 2.45) is 0 Å². The van der Waals surface area contributed by atoms with E-state index in [-0.39, 0.29) is 6.61 Å². The maximum Gasteiger partial charge on any atom is 0.303 e. The molecule has 29 heavy (non-hydrogen) atoms. The highest BCUT2D eigenvalue weighted by atomic mass is 35.5. The number of carbonyl (C=O) groups excluding carboxylic acids is 3. The van der Waals surface area contributed by atoms with E-state index in [0.717, 1.165) is 5.56 Å². The SMILES string of the molecule is CC(=O)O[C@@H]1[C@H](OC(C)=O)[C@H](OC(C)=O)CO[C@H]1n1cnc2cc(Cl)c(C)cc21. The largest absolute Gasteiger partial charge is 0.456 e. The summed E-state index contributed by atoms with van der Waals surface area (Å²) in [5, 5.41) is 0.566. The number of imidazole rings is 1. The molecule has 10 heteroatoms. The number of carbonyl (C=O) groups is 3. The van der Waals surface area contributed by atoms with Crippen LogP contribution in [0.1, 0.15) is 32.6 Å². The number of halogens is 1. The van der Waals surface area contributed by atoms with Crippen molar-refractivity contribution in [2.75, 3.05) is 6.61 Å². The summed E-state index contributed by atoms with van der Waals surface area (Å²) in [4.78, 5) is 39.3. The molecule has 0 N–H and O–H groups in total.